The van der Waals surface area contributed by atoms with Crippen molar-refractivity contribution in [3.05, 3.63) is 35.9 Å². The normalized spacial score (nSPS) is 17.7. The van der Waals surface area contributed by atoms with E-state index in [0.29, 0.717) is 5.92 Å². The summed E-state index contributed by atoms with van der Waals surface area (Å²) in [5.74, 6) is 1.55. The van der Waals surface area contributed by atoms with Crippen LogP contribution in [0.3, 0.4) is 0 Å². The van der Waals surface area contributed by atoms with E-state index in [1.807, 2.05) is 7.05 Å². The number of hydrogen-bond donors (Lipinski definition) is 2. The maximum Gasteiger partial charge on any atom is 0.190 e. The van der Waals surface area contributed by atoms with Crippen molar-refractivity contribution in [3.63, 3.8) is 0 Å². The van der Waals surface area contributed by atoms with Gasteiger partial charge in [-0.05, 0) is 43.8 Å². The average Bonchev–Trinajstić information content (AvgIpc) is 2.59. The molecule has 0 amide bonds. The van der Waals surface area contributed by atoms with Gasteiger partial charge in [0.25, 0.3) is 0 Å². The minimum absolute atomic E-state index is 0.640. The minimum Gasteiger partial charge on any atom is -0.356 e. The quantitative estimate of drug-likeness (QED) is 0.600. The molecule has 0 radical (unpaired) electrons. The van der Waals surface area contributed by atoms with E-state index in [4.69, 9.17) is 0 Å². The first-order chi connectivity index (χ1) is 11.3. The number of nitrogens with zero attached hydrogens (tertiary/aromatic N) is 2. The second kappa shape index (κ2) is 10.3. The number of nitrogens with one attached hydrogen (secondary N) is 2. The van der Waals surface area contributed by atoms with Gasteiger partial charge in [0.15, 0.2) is 5.96 Å². The standard InChI is InChI=1S/C19H32N4/c1-17(16-23-13-7-4-8-14-23)15-22-19(20-2)21-12-11-18-9-5-3-6-10-18/h3,5-6,9-10,17H,4,7-8,11-16H2,1-2H3,(H2,20,21,22). The van der Waals surface area contributed by atoms with Crippen molar-refractivity contribution < 1.29 is 0 Å². The summed E-state index contributed by atoms with van der Waals surface area (Å²) in [6, 6.07) is 10.6. The summed E-state index contributed by atoms with van der Waals surface area (Å²) in [6.07, 6.45) is 5.15. The monoisotopic (exact) mass is 316 g/mol. The van der Waals surface area contributed by atoms with E-state index in [1.54, 1.807) is 0 Å². The molecule has 0 saturated carbocycles. The molecule has 4 heteroatoms. The molecule has 1 aliphatic heterocycles. The zero-order valence-electron chi connectivity index (χ0n) is 14.7. The molecule has 0 spiro atoms. The molecule has 1 aromatic rings. The summed E-state index contributed by atoms with van der Waals surface area (Å²) in [5.41, 5.74) is 1.36. The van der Waals surface area contributed by atoms with Crippen LogP contribution in [-0.4, -0.2) is 50.6 Å². The number of hydrogen-bond acceptors (Lipinski definition) is 2. The van der Waals surface area contributed by atoms with Crippen molar-refractivity contribution in [2.24, 2.45) is 10.9 Å². The predicted octanol–water partition coefficient (Wildman–Crippen LogP) is 2.52. The number of benzene rings is 1. The highest BCUT2D eigenvalue weighted by Crippen LogP contribution is 2.10. The number of rotatable bonds is 7. The van der Waals surface area contributed by atoms with Gasteiger partial charge in [0.05, 0.1) is 0 Å². The lowest BCUT2D eigenvalue weighted by atomic mass is 10.1. The van der Waals surface area contributed by atoms with Crippen molar-refractivity contribution >= 4 is 5.96 Å². The van der Waals surface area contributed by atoms with Crippen LogP contribution in [0.5, 0.6) is 0 Å². The van der Waals surface area contributed by atoms with E-state index in [0.717, 1.165) is 25.5 Å². The van der Waals surface area contributed by atoms with E-state index < -0.39 is 0 Å². The summed E-state index contributed by atoms with van der Waals surface area (Å²) in [4.78, 5) is 6.92. The Morgan fingerprint density at radius 2 is 1.87 bits per heavy atom. The summed E-state index contributed by atoms with van der Waals surface area (Å²) in [7, 11) is 1.84. The molecule has 1 aromatic carbocycles. The highest BCUT2D eigenvalue weighted by atomic mass is 15.2. The Balaban J connectivity index is 1.62. The second-order valence-electron chi connectivity index (χ2n) is 6.58. The molecular weight excluding hydrogens is 284 g/mol. The molecular formula is C19H32N4. The van der Waals surface area contributed by atoms with Crippen molar-refractivity contribution in [2.75, 3.05) is 39.8 Å². The van der Waals surface area contributed by atoms with Gasteiger partial charge < -0.3 is 15.5 Å². The first kappa shape index (κ1) is 17.8. The predicted molar refractivity (Wildman–Crippen MR) is 99.0 cm³/mol. The fourth-order valence-electron chi connectivity index (χ4n) is 3.11. The van der Waals surface area contributed by atoms with Gasteiger partial charge in [-0.3, -0.25) is 4.99 Å². The molecule has 1 aliphatic rings. The smallest absolute Gasteiger partial charge is 0.190 e. The molecule has 1 heterocycles. The molecule has 0 bridgehead atoms. The van der Waals surface area contributed by atoms with Gasteiger partial charge in [-0.2, -0.15) is 0 Å². The Morgan fingerprint density at radius 3 is 2.57 bits per heavy atom. The van der Waals surface area contributed by atoms with Crippen LogP contribution in [0, 0.1) is 5.92 Å². The largest absolute Gasteiger partial charge is 0.356 e. The molecule has 0 aliphatic carbocycles. The Kier molecular flexibility index (Phi) is 7.95. The van der Waals surface area contributed by atoms with Gasteiger partial charge in [-0.25, -0.2) is 0 Å². The minimum atomic E-state index is 0.640. The first-order valence-corrected chi connectivity index (χ1v) is 8.98. The van der Waals surface area contributed by atoms with Crippen molar-refractivity contribution in [1.82, 2.24) is 15.5 Å². The highest BCUT2D eigenvalue weighted by Gasteiger charge is 2.13. The Labute approximate surface area is 141 Å². The molecule has 1 atom stereocenters. The van der Waals surface area contributed by atoms with E-state index in [2.05, 4.69) is 57.8 Å². The van der Waals surface area contributed by atoms with Crippen LogP contribution in [0.4, 0.5) is 0 Å². The van der Waals surface area contributed by atoms with Crippen LogP contribution in [-0.2, 0) is 6.42 Å². The lowest BCUT2D eigenvalue weighted by molar-refractivity contribution is 0.201. The molecule has 2 N–H and O–H groups in total. The van der Waals surface area contributed by atoms with Crippen molar-refractivity contribution in [3.8, 4) is 0 Å². The fourth-order valence-corrected chi connectivity index (χ4v) is 3.11. The van der Waals surface area contributed by atoms with E-state index in [-0.39, 0.29) is 0 Å². The van der Waals surface area contributed by atoms with Crippen LogP contribution in [0.25, 0.3) is 0 Å². The highest BCUT2D eigenvalue weighted by molar-refractivity contribution is 5.79. The molecule has 128 valence electrons. The lowest BCUT2D eigenvalue weighted by Crippen LogP contribution is -2.42. The van der Waals surface area contributed by atoms with Crippen LogP contribution >= 0.6 is 0 Å². The summed E-state index contributed by atoms with van der Waals surface area (Å²) in [5, 5.41) is 6.86. The number of guanidine groups is 1. The SMILES string of the molecule is CN=C(NCCc1ccccc1)NCC(C)CN1CCCCC1. The lowest BCUT2D eigenvalue weighted by Gasteiger charge is -2.29. The zero-order chi connectivity index (χ0) is 16.3. The van der Waals surface area contributed by atoms with Gasteiger partial charge in [-0.15, -0.1) is 0 Å². The molecule has 0 aromatic heterocycles. The topological polar surface area (TPSA) is 39.7 Å². The van der Waals surface area contributed by atoms with Gasteiger partial charge >= 0.3 is 0 Å². The molecule has 1 saturated heterocycles. The van der Waals surface area contributed by atoms with Crippen LogP contribution in [0.15, 0.2) is 35.3 Å². The second-order valence-corrected chi connectivity index (χ2v) is 6.58. The number of aliphatic imine (C=N–C) groups is 1. The van der Waals surface area contributed by atoms with Crippen LogP contribution in [0.1, 0.15) is 31.7 Å². The van der Waals surface area contributed by atoms with Gasteiger partial charge in [0, 0.05) is 26.7 Å². The molecule has 23 heavy (non-hydrogen) atoms. The molecule has 1 unspecified atom stereocenters. The van der Waals surface area contributed by atoms with Crippen molar-refractivity contribution in [2.45, 2.75) is 32.6 Å². The van der Waals surface area contributed by atoms with Crippen LogP contribution in [0.2, 0.25) is 0 Å². The molecule has 4 nitrogen and oxygen atoms in total. The summed E-state index contributed by atoms with van der Waals surface area (Å²) < 4.78 is 0. The van der Waals surface area contributed by atoms with E-state index in [1.165, 1.54) is 44.5 Å². The molecule has 1 fully saturated rings. The molecule has 2 rings (SSSR count). The average molecular weight is 316 g/mol. The first-order valence-electron chi connectivity index (χ1n) is 8.98. The third-order valence-electron chi connectivity index (χ3n) is 4.41. The third-order valence-corrected chi connectivity index (χ3v) is 4.41. The number of piperidine rings is 1. The van der Waals surface area contributed by atoms with Crippen molar-refractivity contribution in [1.29, 1.82) is 0 Å². The fraction of sp³-hybridized carbons (Fsp3) is 0.632. The van der Waals surface area contributed by atoms with E-state index in [9.17, 15) is 0 Å². The Morgan fingerprint density at radius 1 is 1.13 bits per heavy atom. The van der Waals surface area contributed by atoms with Gasteiger partial charge in [0.2, 0.25) is 0 Å². The Bertz CT molecular complexity index is 452. The zero-order valence-corrected chi connectivity index (χ0v) is 14.7. The summed E-state index contributed by atoms with van der Waals surface area (Å²) >= 11 is 0. The van der Waals surface area contributed by atoms with Crippen LogP contribution < -0.4 is 10.6 Å². The van der Waals surface area contributed by atoms with E-state index >= 15 is 0 Å². The maximum absolute atomic E-state index is 4.32. The summed E-state index contributed by atoms with van der Waals surface area (Å²) in [6.45, 7) is 7.93. The van der Waals surface area contributed by atoms with Gasteiger partial charge in [-0.1, -0.05) is 43.7 Å². The maximum atomic E-state index is 4.32. The van der Waals surface area contributed by atoms with Gasteiger partial charge in [0.1, 0.15) is 0 Å². The number of likely N-dealkylation sites (tertiary alicyclic amines) is 1. The third kappa shape index (κ3) is 7.04. The Hall–Kier alpha value is -1.55.